The second kappa shape index (κ2) is 10.6. The van der Waals surface area contributed by atoms with E-state index in [0.717, 1.165) is 30.8 Å². The van der Waals surface area contributed by atoms with Crippen molar-refractivity contribution in [3.8, 4) is 0 Å². The standard InChI is InChI=1S/C31H36O2Si/c1-25-23-27(18-14-17-26-15-8-5-9-16-26)33-30(25)24-32-34(31(2,3)4,28-19-10-6-11-20-28)29-21-12-7-13-22-29/h5-13,15-16,19-23H,14,17-18,24H2,1-4H3. The van der Waals surface area contributed by atoms with Gasteiger partial charge in [-0.2, -0.15) is 0 Å². The van der Waals surface area contributed by atoms with Gasteiger partial charge in [0, 0.05) is 6.42 Å². The lowest BCUT2D eigenvalue weighted by molar-refractivity contribution is 0.249. The molecule has 1 heterocycles. The van der Waals surface area contributed by atoms with Gasteiger partial charge < -0.3 is 8.84 Å². The van der Waals surface area contributed by atoms with Crippen molar-refractivity contribution in [3.63, 3.8) is 0 Å². The fourth-order valence-corrected chi connectivity index (χ4v) is 9.41. The van der Waals surface area contributed by atoms with Gasteiger partial charge in [-0.05, 0) is 52.4 Å². The van der Waals surface area contributed by atoms with E-state index in [2.05, 4.69) is 125 Å². The zero-order valence-corrected chi connectivity index (χ0v) is 21.9. The van der Waals surface area contributed by atoms with E-state index in [1.54, 1.807) is 0 Å². The number of hydrogen-bond donors (Lipinski definition) is 0. The van der Waals surface area contributed by atoms with Gasteiger partial charge in [-0.1, -0.05) is 112 Å². The van der Waals surface area contributed by atoms with Crippen LogP contribution < -0.4 is 10.4 Å². The molecule has 0 saturated heterocycles. The fraction of sp³-hybridized carbons (Fsp3) is 0.290. The molecule has 4 rings (SSSR count). The number of aryl methyl sites for hydroxylation is 3. The molecule has 0 fully saturated rings. The molecule has 0 spiro atoms. The summed E-state index contributed by atoms with van der Waals surface area (Å²) in [5.74, 6) is 2.00. The minimum atomic E-state index is -2.58. The lowest BCUT2D eigenvalue weighted by Gasteiger charge is -2.42. The predicted octanol–water partition coefficient (Wildman–Crippen LogP) is 6.84. The minimum Gasteiger partial charge on any atom is -0.463 e. The van der Waals surface area contributed by atoms with Crippen molar-refractivity contribution >= 4 is 18.7 Å². The fourth-order valence-electron chi connectivity index (χ4n) is 4.90. The average molecular weight is 469 g/mol. The van der Waals surface area contributed by atoms with Crippen LogP contribution in [0.25, 0.3) is 0 Å². The highest BCUT2D eigenvalue weighted by Crippen LogP contribution is 2.37. The number of benzene rings is 3. The normalized spacial score (nSPS) is 12.1. The summed E-state index contributed by atoms with van der Waals surface area (Å²) in [6.45, 7) is 9.54. The number of rotatable bonds is 9. The SMILES string of the molecule is Cc1cc(CCCc2ccccc2)oc1CO[Si](c1ccccc1)(c1ccccc1)C(C)(C)C. The topological polar surface area (TPSA) is 22.4 Å². The lowest BCUT2D eigenvalue weighted by atomic mass is 10.1. The molecule has 0 aliphatic carbocycles. The maximum Gasteiger partial charge on any atom is 0.261 e. The van der Waals surface area contributed by atoms with Gasteiger partial charge in [0.05, 0.1) is 6.61 Å². The summed E-state index contributed by atoms with van der Waals surface area (Å²) in [6, 6.07) is 34.4. The Morgan fingerprint density at radius 2 is 1.26 bits per heavy atom. The molecule has 2 nitrogen and oxygen atoms in total. The van der Waals surface area contributed by atoms with E-state index in [9.17, 15) is 0 Å². The van der Waals surface area contributed by atoms with Crippen LogP contribution in [0.5, 0.6) is 0 Å². The third kappa shape index (κ3) is 5.27. The average Bonchev–Trinajstić information content (AvgIpc) is 3.20. The first-order chi connectivity index (χ1) is 16.4. The Kier molecular flexibility index (Phi) is 7.55. The van der Waals surface area contributed by atoms with E-state index in [4.69, 9.17) is 8.84 Å². The van der Waals surface area contributed by atoms with Crippen molar-refractivity contribution in [1.29, 1.82) is 0 Å². The third-order valence-corrected chi connectivity index (χ3v) is 11.6. The second-order valence-electron chi connectivity index (χ2n) is 10.1. The molecule has 0 aliphatic heterocycles. The number of hydrogen-bond acceptors (Lipinski definition) is 2. The van der Waals surface area contributed by atoms with Crippen LogP contribution in [-0.4, -0.2) is 8.32 Å². The summed E-state index contributed by atoms with van der Waals surface area (Å²) >= 11 is 0. The maximum absolute atomic E-state index is 7.07. The monoisotopic (exact) mass is 468 g/mol. The molecule has 4 aromatic rings. The Labute approximate surface area is 205 Å². The van der Waals surface area contributed by atoms with E-state index in [0.29, 0.717) is 6.61 Å². The lowest BCUT2D eigenvalue weighted by Crippen LogP contribution is -2.66. The molecule has 3 aromatic carbocycles. The maximum atomic E-state index is 7.07. The Morgan fingerprint density at radius 3 is 1.79 bits per heavy atom. The zero-order chi connectivity index (χ0) is 24.0. The molecule has 34 heavy (non-hydrogen) atoms. The van der Waals surface area contributed by atoms with Crippen molar-refractivity contribution in [2.24, 2.45) is 0 Å². The van der Waals surface area contributed by atoms with Gasteiger partial charge in [0.1, 0.15) is 11.5 Å². The summed E-state index contributed by atoms with van der Waals surface area (Å²) in [5, 5.41) is 2.54. The van der Waals surface area contributed by atoms with Gasteiger partial charge >= 0.3 is 0 Å². The predicted molar refractivity (Wildman–Crippen MR) is 144 cm³/mol. The smallest absolute Gasteiger partial charge is 0.261 e. The van der Waals surface area contributed by atoms with Gasteiger partial charge in [0.2, 0.25) is 0 Å². The molecule has 3 heteroatoms. The van der Waals surface area contributed by atoms with Crippen molar-refractivity contribution in [3.05, 3.63) is 120 Å². The highest BCUT2D eigenvalue weighted by atomic mass is 28.4. The van der Waals surface area contributed by atoms with Gasteiger partial charge in [0.25, 0.3) is 8.32 Å². The molecule has 0 N–H and O–H groups in total. The summed E-state index contributed by atoms with van der Waals surface area (Å²) in [6.07, 6.45) is 3.08. The van der Waals surface area contributed by atoms with Crippen LogP contribution >= 0.6 is 0 Å². The molecule has 0 unspecified atom stereocenters. The molecule has 0 radical (unpaired) electrons. The van der Waals surface area contributed by atoms with Crippen LogP contribution in [-0.2, 0) is 23.9 Å². The minimum absolute atomic E-state index is 0.0469. The van der Waals surface area contributed by atoms with E-state index in [-0.39, 0.29) is 5.04 Å². The molecule has 0 amide bonds. The Bertz CT molecular complexity index is 1120. The molecule has 176 valence electrons. The molecular formula is C31H36O2Si. The first-order valence-electron chi connectivity index (χ1n) is 12.3. The van der Waals surface area contributed by atoms with E-state index in [1.165, 1.54) is 21.5 Å². The van der Waals surface area contributed by atoms with Crippen LogP contribution in [0.2, 0.25) is 5.04 Å². The van der Waals surface area contributed by atoms with Crippen molar-refractivity contribution < 1.29 is 8.84 Å². The number of furan rings is 1. The largest absolute Gasteiger partial charge is 0.463 e. The van der Waals surface area contributed by atoms with Crippen molar-refractivity contribution in [2.75, 3.05) is 0 Å². The van der Waals surface area contributed by atoms with Crippen LogP contribution in [0.4, 0.5) is 0 Å². The van der Waals surface area contributed by atoms with Gasteiger partial charge in [-0.15, -0.1) is 0 Å². The molecule has 1 aromatic heterocycles. The third-order valence-electron chi connectivity index (χ3n) is 6.64. The molecule has 0 saturated carbocycles. The Morgan fingerprint density at radius 1 is 0.735 bits per heavy atom. The summed E-state index contributed by atoms with van der Waals surface area (Å²) < 4.78 is 13.4. The van der Waals surface area contributed by atoms with E-state index in [1.807, 2.05) is 0 Å². The highest BCUT2D eigenvalue weighted by molar-refractivity contribution is 6.99. The Hall–Kier alpha value is -2.88. The van der Waals surface area contributed by atoms with E-state index >= 15 is 0 Å². The van der Waals surface area contributed by atoms with Gasteiger partial charge in [-0.25, -0.2) is 0 Å². The first-order valence-corrected chi connectivity index (χ1v) is 14.2. The highest BCUT2D eigenvalue weighted by Gasteiger charge is 2.50. The van der Waals surface area contributed by atoms with Crippen LogP contribution in [0.3, 0.4) is 0 Å². The molecule has 0 atom stereocenters. The van der Waals surface area contributed by atoms with Gasteiger partial charge in [0.15, 0.2) is 0 Å². The van der Waals surface area contributed by atoms with Crippen molar-refractivity contribution in [2.45, 2.75) is 58.6 Å². The first kappa shape index (κ1) is 24.2. The Balaban J connectivity index is 1.56. The van der Waals surface area contributed by atoms with Gasteiger partial charge in [-0.3, -0.25) is 0 Å². The molecular weight excluding hydrogens is 432 g/mol. The second-order valence-corrected chi connectivity index (χ2v) is 14.4. The summed E-state index contributed by atoms with van der Waals surface area (Å²) in [7, 11) is -2.58. The van der Waals surface area contributed by atoms with E-state index < -0.39 is 8.32 Å². The van der Waals surface area contributed by atoms with Crippen LogP contribution in [0, 0.1) is 6.92 Å². The van der Waals surface area contributed by atoms with Crippen molar-refractivity contribution in [1.82, 2.24) is 0 Å². The zero-order valence-electron chi connectivity index (χ0n) is 20.9. The summed E-state index contributed by atoms with van der Waals surface area (Å²) in [5.41, 5.74) is 2.55. The quantitative estimate of drug-likeness (QED) is 0.251. The molecule has 0 bridgehead atoms. The van der Waals surface area contributed by atoms with Crippen LogP contribution in [0.15, 0.2) is 101 Å². The summed E-state index contributed by atoms with van der Waals surface area (Å²) in [4.78, 5) is 0. The van der Waals surface area contributed by atoms with Crippen LogP contribution in [0.1, 0.15) is 49.8 Å². The molecule has 0 aliphatic rings.